The molecule has 0 fully saturated rings. The number of fused-ring (bicyclic) bond motifs is 1. The van der Waals surface area contributed by atoms with Crippen molar-refractivity contribution in [3.63, 3.8) is 0 Å². The summed E-state index contributed by atoms with van der Waals surface area (Å²) in [5.41, 5.74) is 3.44. The maximum absolute atomic E-state index is 10.7. The third-order valence-corrected chi connectivity index (χ3v) is 3.53. The third-order valence-electron chi connectivity index (χ3n) is 3.53. The molecular formula is C16H17N3O. The molecule has 3 aromatic rings. The van der Waals surface area contributed by atoms with Crippen molar-refractivity contribution in [1.82, 2.24) is 14.8 Å². The number of hydrogen-bond acceptors (Lipinski definition) is 3. The van der Waals surface area contributed by atoms with Gasteiger partial charge >= 0.3 is 0 Å². The number of nitrogens with zero attached hydrogens (tertiary/aromatic N) is 3. The number of benzene rings is 1. The van der Waals surface area contributed by atoms with E-state index in [0.29, 0.717) is 0 Å². The van der Waals surface area contributed by atoms with Crippen molar-refractivity contribution >= 4 is 10.9 Å². The summed E-state index contributed by atoms with van der Waals surface area (Å²) in [4.78, 5) is 4.40. The topological polar surface area (TPSA) is 50.9 Å². The molecule has 0 aliphatic heterocycles. The number of aliphatic hydroxyl groups is 1. The Bertz CT molecular complexity index is 743. The molecule has 0 radical (unpaired) electrons. The van der Waals surface area contributed by atoms with Gasteiger partial charge in [0.25, 0.3) is 0 Å². The molecule has 0 aliphatic carbocycles. The van der Waals surface area contributed by atoms with Crippen LogP contribution >= 0.6 is 0 Å². The maximum Gasteiger partial charge on any atom is 0.109 e. The maximum atomic E-state index is 10.7. The number of aromatic nitrogens is 3. The van der Waals surface area contributed by atoms with Gasteiger partial charge in [-0.3, -0.25) is 9.67 Å². The highest BCUT2D eigenvalue weighted by Crippen LogP contribution is 2.29. The molecule has 4 nitrogen and oxygen atoms in total. The Balaban J connectivity index is 2.15. The minimum atomic E-state index is -0.697. The SMILES string of the molecule is CCc1nn(C)cc1C(O)c1cccc2cccnc12. The van der Waals surface area contributed by atoms with Crippen molar-refractivity contribution in [3.8, 4) is 0 Å². The van der Waals surface area contributed by atoms with E-state index >= 15 is 0 Å². The summed E-state index contributed by atoms with van der Waals surface area (Å²) in [5, 5.41) is 16.1. The molecule has 0 saturated heterocycles. The number of aryl methyl sites for hydroxylation is 2. The van der Waals surface area contributed by atoms with Gasteiger partial charge in [0.15, 0.2) is 0 Å². The molecule has 20 heavy (non-hydrogen) atoms. The van der Waals surface area contributed by atoms with Crippen molar-refractivity contribution in [1.29, 1.82) is 0 Å². The summed E-state index contributed by atoms with van der Waals surface area (Å²) in [6.45, 7) is 2.04. The molecule has 0 bridgehead atoms. The fourth-order valence-corrected chi connectivity index (χ4v) is 2.57. The molecule has 0 aliphatic rings. The van der Waals surface area contributed by atoms with Crippen molar-refractivity contribution in [2.24, 2.45) is 7.05 Å². The zero-order valence-electron chi connectivity index (χ0n) is 11.6. The fraction of sp³-hybridized carbons (Fsp3) is 0.250. The minimum Gasteiger partial charge on any atom is -0.383 e. The Morgan fingerprint density at radius 2 is 2.00 bits per heavy atom. The fourth-order valence-electron chi connectivity index (χ4n) is 2.57. The van der Waals surface area contributed by atoms with Crippen molar-refractivity contribution < 1.29 is 5.11 Å². The van der Waals surface area contributed by atoms with Crippen LogP contribution in [-0.4, -0.2) is 19.9 Å². The summed E-state index contributed by atoms with van der Waals surface area (Å²) in [5.74, 6) is 0. The van der Waals surface area contributed by atoms with E-state index in [1.54, 1.807) is 10.9 Å². The predicted octanol–water partition coefficient (Wildman–Crippen LogP) is 2.61. The van der Waals surface area contributed by atoms with E-state index in [4.69, 9.17) is 0 Å². The lowest BCUT2D eigenvalue weighted by Gasteiger charge is -2.12. The lowest BCUT2D eigenvalue weighted by atomic mass is 9.98. The van der Waals surface area contributed by atoms with Gasteiger partial charge in [0.1, 0.15) is 6.10 Å². The highest BCUT2D eigenvalue weighted by molar-refractivity contribution is 5.82. The number of aliphatic hydroxyl groups excluding tert-OH is 1. The zero-order valence-corrected chi connectivity index (χ0v) is 11.6. The average molecular weight is 267 g/mol. The minimum absolute atomic E-state index is 0.697. The first-order chi connectivity index (χ1) is 9.70. The normalized spacial score (nSPS) is 12.8. The molecule has 3 rings (SSSR count). The van der Waals surface area contributed by atoms with Crippen LogP contribution in [-0.2, 0) is 13.5 Å². The average Bonchev–Trinajstić information content (AvgIpc) is 2.87. The van der Waals surface area contributed by atoms with Gasteiger partial charge in [-0.25, -0.2) is 0 Å². The van der Waals surface area contributed by atoms with E-state index in [2.05, 4.69) is 10.1 Å². The predicted molar refractivity (Wildman–Crippen MR) is 78.4 cm³/mol. The van der Waals surface area contributed by atoms with Crippen LogP contribution in [0.2, 0.25) is 0 Å². The van der Waals surface area contributed by atoms with Gasteiger partial charge in [-0.05, 0) is 12.5 Å². The van der Waals surface area contributed by atoms with Crippen LogP contribution < -0.4 is 0 Å². The van der Waals surface area contributed by atoms with E-state index < -0.39 is 6.10 Å². The summed E-state index contributed by atoms with van der Waals surface area (Å²) in [6.07, 6.45) is 3.73. The summed E-state index contributed by atoms with van der Waals surface area (Å²) >= 11 is 0. The first kappa shape index (κ1) is 12.8. The van der Waals surface area contributed by atoms with E-state index in [1.807, 2.05) is 50.5 Å². The molecule has 102 valence electrons. The number of pyridine rings is 1. The molecule has 1 N–H and O–H groups in total. The molecule has 2 aromatic heterocycles. The highest BCUT2D eigenvalue weighted by atomic mass is 16.3. The second kappa shape index (κ2) is 5.06. The lowest BCUT2D eigenvalue weighted by Crippen LogP contribution is -2.03. The van der Waals surface area contributed by atoms with Crippen molar-refractivity contribution in [2.45, 2.75) is 19.4 Å². The van der Waals surface area contributed by atoms with Crippen LogP contribution in [0.25, 0.3) is 10.9 Å². The molecule has 4 heteroatoms. The largest absolute Gasteiger partial charge is 0.383 e. The first-order valence-electron chi connectivity index (χ1n) is 6.75. The van der Waals surface area contributed by atoms with Crippen LogP contribution in [0.3, 0.4) is 0 Å². The van der Waals surface area contributed by atoms with E-state index in [9.17, 15) is 5.11 Å². The third kappa shape index (κ3) is 2.08. The lowest BCUT2D eigenvalue weighted by molar-refractivity contribution is 0.220. The van der Waals surface area contributed by atoms with E-state index in [1.165, 1.54) is 0 Å². The van der Waals surface area contributed by atoms with Gasteiger partial charge < -0.3 is 5.11 Å². The van der Waals surface area contributed by atoms with Crippen LogP contribution in [0.5, 0.6) is 0 Å². The number of para-hydroxylation sites is 1. The Labute approximate surface area is 117 Å². The second-order valence-corrected chi connectivity index (χ2v) is 4.88. The molecule has 1 unspecified atom stereocenters. The van der Waals surface area contributed by atoms with Gasteiger partial charge in [-0.1, -0.05) is 31.2 Å². The summed E-state index contributed by atoms with van der Waals surface area (Å²) < 4.78 is 1.75. The molecular weight excluding hydrogens is 250 g/mol. The summed E-state index contributed by atoms with van der Waals surface area (Å²) in [7, 11) is 1.87. The molecule has 2 heterocycles. The Morgan fingerprint density at radius 3 is 2.80 bits per heavy atom. The van der Waals surface area contributed by atoms with Gasteiger partial charge in [0, 0.05) is 36.0 Å². The van der Waals surface area contributed by atoms with Gasteiger partial charge in [-0.15, -0.1) is 0 Å². The number of rotatable bonds is 3. The quantitative estimate of drug-likeness (QED) is 0.793. The van der Waals surface area contributed by atoms with E-state index in [0.717, 1.165) is 34.1 Å². The Morgan fingerprint density at radius 1 is 1.20 bits per heavy atom. The molecule has 0 saturated carbocycles. The van der Waals surface area contributed by atoms with Crippen molar-refractivity contribution in [3.05, 3.63) is 59.5 Å². The van der Waals surface area contributed by atoms with Crippen LogP contribution in [0.4, 0.5) is 0 Å². The highest BCUT2D eigenvalue weighted by Gasteiger charge is 2.19. The van der Waals surface area contributed by atoms with Crippen LogP contribution in [0, 0.1) is 0 Å². The molecule has 1 atom stereocenters. The van der Waals surface area contributed by atoms with Crippen molar-refractivity contribution in [2.75, 3.05) is 0 Å². The zero-order chi connectivity index (χ0) is 14.1. The Kier molecular flexibility index (Phi) is 3.24. The monoisotopic (exact) mass is 267 g/mol. The Hall–Kier alpha value is -2.20. The van der Waals surface area contributed by atoms with Gasteiger partial charge in [-0.2, -0.15) is 5.10 Å². The second-order valence-electron chi connectivity index (χ2n) is 4.88. The molecule has 0 amide bonds. The smallest absolute Gasteiger partial charge is 0.109 e. The summed E-state index contributed by atoms with van der Waals surface area (Å²) in [6, 6.07) is 9.78. The van der Waals surface area contributed by atoms with Gasteiger partial charge in [0.2, 0.25) is 0 Å². The molecule has 0 spiro atoms. The number of hydrogen-bond donors (Lipinski definition) is 1. The first-order valence-corrected chi connectivity index (χ1v) is 6.75. The molecule has 1 aromatic carbocycles. The van der Waals surface area contributed by atoms with E-state index in [-0.39, 0.29) is 0 Å². The van der Waals surface area contributed by atoms with Gasteiger partial charge in [0.05, 0.1) is 11.2 Å². The van der Waals surface area contributed by atoms with Crippen LogP contribution in [0.1, 0.15) is 29.8 Å². The standard InChI is InChI=1S/C16H17N3O/c1-3-14-13(10-19(2)18-14)16(20)12-8-4-6-11-7-5-9-17-15(11)12/h4-10,16,20H,3H2,1-2H3. The van der Waals surface area contributed by atoms with Crippen LogP contribution in [0.15, 0.2) is 42.7 Å².